The summed E-state index contributed by atoms with van der Waals surface area (Å²) in [5.41, 5.74) is 2.08. The number of rotatable bonds is 3. The van der Waals surface area contributed by atoms with Crippen LogP contribution in [0.4, 0.5) is 5.69 Å². The van der Waals surface area contributed by atoms with E-state index in [1.807, 2.05) is 13.0 Å². The van der Waals surface area contributed by atoms with E-state index in [1.165, 1.54) is 12.1 Å². The molecule has 0 bridgehead atoms. The van der Waals surface area contributed by atoms with Gasteiger partial charge in [-0.3, -0.25) is 4.79 Å². The second-order valence-electron chi connectivity index (χ2n) is 5.45. The largest absolute Gasteiger partial charge is 0.364 e. The van der Waals surface area contributed by atoms with Gasteiger partial charge in [0.2, 0.25) is 0 Å². The Bertz CT molecular complexity index is 847. The lowest BCUT2D eigenvalue weighted by Crippen LogP contribution is -2.55. The number of carbonyl (C=O) groups is 1. The summed E-state index contributed by atoms with van der Waals surface area (Å²) < 4.78 is 25.0. The molecule has 7 heteroatoms. The molecule has 0 unspecified atom stereocenters. The molecule has 1 amide bonds. The molecule has 2 aromatic rings. The molecule has 0 spiro atoms. The van der Waals surface area contributed by atoms with Crippen molar-refractivity contribution in [3.05, 3.63) is 59.7 Å². The summed E-state index contributed by atoms with van der Waals surface area (Å²) in [6, 6.07) is 13.4. The van der Waals surface area contributed by atoms with Crippen LogP contribution in [0.3, 0.4) is 0 Å². The molecule has 1 heterocycles. The normalized spacial score (nSPS) is 17.6. The zero-order valence-corrected chi connectivity index (χ0v) is 13.6. The molecule has 0 saturated heterocycles. The van der Waals surface area contributed by atoms with Crippen LogP contribution in [-0.2, 0) is 10.0 Å². The first-order valence-corrected chi connectivity index (χ1v) is 8.65. The Morgan fingerprint density at radius 3 is 2.43 bits per heavy atom. The molecule has 23 heavy (non-hydrogen) atoms. The highest BCUT2D eigenvalue weighted by atomic mass is 32.2. The minimum Gasteiger partial charge on any atom is -0.364 e. The number of anilines is 1. The molecule has 0 aromatic heterocycles. The van der Waals surface area contributed by atoms with Gasteiger partial charge in [-0.05, 0) is 38.1 Å². The van der Waals surface area contributed by atoms with E-state index in [1.54, 1.807) is 37.3 Å². The second-order valence-corrected chi connectivity index (χ2v) is 7.11. The highest BCUT2D eigenvalue weighted by Crippen LogP contribution is 2.24. The van der Waals surface area contributed by atoms with Gasteiger partial charge in [-0.1, -0.05) is 29.8 Å². The van der Waals surface area contributed by atoms with Gasteiger partial charge in [0.25, 0.3) is 15.9 Å². The van der Waals surface area contributed by atoms with Gasteiger partial charge >= 0.3 is 0 Å². The Balaban J connectivity index is 1.90. The van der Waals surface area contributed by atoms with Gasteiger partial charge in [0.1, 0.15) is 6.17 Å². The van der Waals surface area contributed by atoms with Crippen molar-refractivity contribution in [3.8, 4) is 0 Å². The fourth-order valence-electron chi connectivity index (χ4n) is 2.41. The first kappa shape index (κ1) is 15.5. The molecule has 1 atom stereocenters. The number of para-hydroxylation sites is 1. The fraction of sp³-hybridized carbons (Fsp3) is 0.188. The predicted octanol–water partition coefficient (Wildman–Crippen LogP) is 2.10. The molecule has 2 N–H and O–H groups in total. The number of sulfonamides is 1. The standard InChI is InChI=1S/C16H17N3O3S/c1-11-7-9-13(10-8-11)23(21,22)18-19-12(2)17-15-6-4-3-5-14(15)16(19)20/h3-10,12,17-18H,1-2H3/t12-/m0/s1. The average Bonchev–Trinajstić information content (AvgIpc) is 2.52. The molecule has 120 valence electrons. The summed E-state index contributed by atoms with van der Waals surface area (Å²) in [5.74, 6) is -0.387. The third-order valence-corrected chi connectivity index (χ3v) is 5.01. The predicted molar refractivity (Wildman–Crippen MR) is 87.2 cm³/mol. The zero-order valence-electron chi connectivity index (χ0n) is 12.8. The van der Waals surface area contributed by atoms with E-state index in [0.29, 0.717) is 11.3 Å². The second kappa shape index (κ2) is 5.68. The van der Waals surface area contributed by atoms with Crippen LogP contribution in [0.1, 0.15) is 22.8 Å². The van der Waals surface area contributed by atoms with E-state index in [4.69, 9.17) is 0 Å². The first-order valence-electron chi connectivity index (χ1n) is 7.17. The lowest BCUT2D eigenvalue weighted by molar-refractivity contribution is 0.0651. The van der Waals surface area contributed by atoms with Crippen molar-refractivity contribution in [1.29, 1.82) is 0 Å². The highest BCUT2D eigenvalue weighted by Gasteiger charge is 2.32. The summed E-state index contributed by atoms with van der Waals surface area (Å²) in [6.45, 7) is 3.59. The number of hydrazine groups is 1. The number of nitrogens with zero attached hydrogens (tertiary/aromatic N) is 1. The molecule has 0 aliphatic carbocycles. The minimum atomic E-state index is -3.83. The number of benzene rings is 2. The summed E-state index contributed by atoms with van der Waals surface area (Å²) in [4.78, 5) is 15.0. The van der Waals surface area contributed by atoms with E-state index in [9.17, 15) is 13.2 Å². The van der Waals surface area contributed by atoms with Crippen molar-refractivity contribution in [1.82, 2.24) is 9.84 Å². The van der Waals surface area contributed by atoms with Crippen LogP contribution in [0.15, 0.2) is 53.4 Å². The molecule has 0 radical (unpaired) electrons. The van der Waals surface area contributed by atoms with Crippen molar-refractivity contribution in [3.63, 3.8) is 0 Å². The Morgan fingerprint density at radius 1 is 1.09 bits per heavy atom. The number of hydrogen-bond donors (Lipinski definition) is 2. The van der Waals surface area contributed by atoms with E-state index in [0.717, 1.165) is 10.6 Å². The quantitative estimate of drug-likeness (QED) is 0.903. The molecule has 1 aliphatic rings. The summed E-state index contributed by atoms with van der Waals surface area (Å²) in [6.07, 6.45) is -0.502. The number of carbonyl (C=O) groups excluding carboxylic acids is 1. The van der Waals surface area contributed by atoms with Crippen LogP contribution in [0, 0.1) is 6.92 Å². The van der Waals surface area contributed by atoms with Crippen molar-refractivity contribution in [2.75, 3.05) is 5.32 Å². The number of hydrogen-bond acceptors (Lipinski definition) is 4. The van der Waals surface area contributed by atoms with Gasteiger partial charge in [0.05, 0.1) is 10.5 Å². The zero-order chi connectivity index (χ0) is 16.6. The van der Waals surface area contributed by atoms with Crippen molar-refractivity contribution >= 4 is 21.6 Å². The number of nitrogens with one attached hydrogen (secondary N) is 2. The lowest BCUT2D eigenvalue weighted by atomic mass is 10.1. The molecular weight excluding hydrogens is 314 g/mol. The van der Waals surface area contributed by atoms with Gasteiger partial charge in [0, 0.05) is 5.69 Å². The van der Waals surface area contributed by atoms with Crippen LogP contribution in [0.25, 0.3) is 0 Å². The van der Waals surface area contributed by atoms with E-state index in [-0.39, 0.29) is 10.8 Å². The van der Waals surface area contributed by atoms with Crippen LogP contribution in [-0.4, -0.2) is 25.5 Å². The maximum atomic E-state index is 12.5. The third kappa shape index (κ3) is 2.93. The Morgan fingerprint density at radius 2 is 1.74 bits per heavy atom. The molecular formula is C16H17N3O3S. The average molecular weight is 331 g/mol. The van der Waals surface area contributed by atoms with Crippen LogP contribution in [0.2, 0.25) is 0 Å². The minimum absolute atomic E-state index is 0.113. The molecule has 2 aromatic carbocycles. The number of amides is 1. The molecule has 3 rings (SSSR count). The van der Waals surface area contributed by atoms with E-state index >= 15 is 0 Å². The van der Waals surface area contributed by atoms with Gasteiger partial charge < -0.3 is 5.32 Å². The Kier molecular flexibility index (Phi) is 3.83. The summed E-state index contributed by atoms with van der Waals surface area (Å²) in [7, 11) is -3.83. The van der Waals surface area contributed by atoms with Crippen LogP contribution in [0.5, 0.6) is 0 Å². The monoisotopic (exact) mass is 331 g/mol. The summed E-state index contributed by atoms with van der Waals surface area (Å²) >= 11 is 0. The maximum Gasteiger partial charge on any atom is 0.272 e. The van der Waals surface area contributed by atoms with Gasteiger partial charge in [-0.25, -0.2) is 13.4 Å². The van der Waals surface area contributed by atoms with Gasteiger partial charge in [0.15, 0.2) is 0 Å². The van der Waals surface area contributed by atoms with Gasteiger partial charge in [-0.2, -0.15) is 0 Å². The van der Waals surface area contributed by atoms with Crippen LogP contribution >= 0.6 is 0 Å². The lowest BCUT2D eigenvalue weighted by Gasteiger charge is -2.35. The third-order valence-electron chi connectivity index (χ3n) is 3.68. The molecule has 0 saturated carbocycles. The molecule has 1 aliphatic heterocycles. The van der Waals surface area contributed by atoms with E-state index < -0.39 is 16.2 Å². The smallest absolute Gasteiger partial charge is 0.272 e. The van der Waals surface area contributed by atoms with Crippen molar-refractivity contribution in [2.45, 2.75) is 24.9 Å². The van der Waals surface area contributed by atoms with Crippen LogP contribution < -0.4 is 10.1 Å². The first-order chi connectivity index (χ1) is 10.9. The van der Waals surface area contributed by atoms with E-state index in [2.05, 4.69) is 10.1 Å². The fourth-order valence-corrected chi connectivity index (χ4v) is 3.51. The van der Waals surface area contributed by atoms with Crippen molar-refractivity contribution < 1.29 is 13.2 Å². The SMILES string of the molecule is Cc1ccc(S(=O)(=O)NN2C(=O)c3ccccc3N[C@@H]2C)cc1. The Labute approximate surface area is 135 Å². The maximum absolute atomic E-state index is 12.5. The molecule has 0 fully saturated rings. The highest BCUT2D eigenvalue weighted by molar-refractivity contribution is 7.89. The Hall–Kier alpha value is -2.38. The van der Waals surface area contributed by atoms with Gasteiger partial charge in [-0.15, -0.1) is 4.83 Å². The summed E-state index contributed by atoms with van der Waals surface area (Å²) in [5, 5.41) is 4.20. The van der Waals surface area contributed by atoms with Crippen molar-refractivity contribution in [2.24, 2.45) is 0 Å². The molecule has 6 nitrogen and oxygen atoms in total. The number of fused-ring (bicyclic) bond motifs is 1. The topological polar surface area (TPSA) is 78.5 Å². The number of aryl methyl sites for hydroxylation is 1.